The molecular formula is C32H43N5O5S. The maximum Gasteiger partial charge on any atom is 0.319 e. The Kier molecular flexibility index (Phi) is 11.6. The predicted molar refractivity (Wildman–Crippen MR) is 171 cm³/mol. The van der Waals surface area contributed by atoms with Crippen LogP contribution in [0.3, 0.4) is 0 Å². The number of nitrogens with one attached hydrogen (secondary N) is 4. The molecule has 2 heterocycles. The van der Waals surface area contributed by atoms with Crippen LogP contribution in [0.5, 0.6) is 22.3 Å². The standard InChI is InChI=1S/C32H43N5O5S/c1-6-23(7-2)35-31(39)36-24-10-13-26(27(18-24)40-5)42-28-19-34-32(43-28)37-30(38)22-8-11-25(12-9-22)41-29(20(3)4)21-14-16-33-17-15-21/h8-13,18-21,23,29,33H,6-7,14-17H2,1-5H3,(H,34,37,38)(H2,35,36,39). The van der Waals surface area contributed by atoms with Crippen LogP contribution in [0, 0.1) is 11.8 Å². The third-order valence-corrected chi connectivity index (χ3v) is 8.34. The van der Waals surface area contributed by atoms with Gasteiger partial charge in [-0.3, -0.25) is 10.1 Å². The number of hydrogen-bond donors (Lipinski definition) is 4. The van der Waals surface area contributed by atoms with E-state index < -0.39 is 0 Å². The maximum absolute atomic E-state index is 12.9. The molecule has 43 heavy (non-hydrogen) atoms. The molecule has 10 nitrogen and oxygen atoms in total. The number of piperidine rings is 1. The van der Waals surface area contributed by atoms with Gasteiger partial charge in [-0.2, -0.15) is 0 Å². The largest absolute Gasteiger partial charge is 0.493 e. The maximum atomic E-state index is 12.9. The van der Waals surface area contributed by atoms with E-state index in [-0.39, 0.29) is 24.1 Å². The minimum absolute atomic E-state index is 0.116. The summed E-state index contributed by atoms with van der Waals surface area (Å²) in [7, 11) is 1.53. The summed E-state index contributed by atoms with van der Waals surface area (Å²) in [4.78, 5) is 29.5. The van der Waals surface area contributed by atoms with E-state index >= 15 is 0 Å². The zero-order chi connectivity index (χ0) is 30.8. The van der Waals surface area contributed by atoms with Crippen molar-refractivity contribution in [1.29, 1.82) is 0 Å². The van der Waals surface area contributed by atoms with Gasteiger partial charge in [-0.25, -0.2) is 9.78 Å². The van der Waals surface area contributed by atoms with Crippen molar-refractivity contribution in [3.05, 3.63) is 54.2 Å². The van der Waals surface area contributed by atoms with Crippen LogP contribution in [0.4, 0.5) is 15.6 Å². The molecule has 0 bridgehead atoms. The van der Waals surface area contributed by atoms with Crippen molar-refractivity contribution < 1.29 is 23.8 Å². The van der Waals surface area contributed by atoms with Gasteiger partial charge in [0.05, 0.1) is 13.3 Å². The van der Waals surface area contributed by atoms with Gasteiger partial charge in [-0.1, -0.05) is 39.0 Å². The van der Waals surface area contributed by atoms with Crippen LogP contribution in [0.25, 0.3) is 0 Å². The van der Waals surface area contributed by atoms with Crippen molar-refractivity contribution in [2.24, 2.45) is 11.8 Å². The first-order chi connectivity index (χ1) is 20.8. The van der Waals surface area contributed by atoms with Crippen molar-refractivity contribution in [3.8, 4) is 22.3 Å². The van der Waals surface area contributed by atoms with Gasteiger partial charge in [0.15, 0.2) is 16.6 Å². The third-order valence-electron chi connectivity index (χ3n) is 7.55. The lowest BCUT2D eigenvalue weighted by Crippen LogP contribution is -2.39. The van der Waals surface area contributed by atoms with Gasteiger partial charge in [-0.05, 0) is 87.0 Å². The fourth-order valence-electron chi connectivity index (χ4n) is 5.11. The van der Waals surface area contributed by atoms with E-state index in [2.05, 4.69) is 40.1 Å². The first-order valence-corrected chi connectivity index (χ1v) is 15.8. The summed E-state index contributed by atoms with van der Waals surface area (Å²) in [6.07, 6.45) is 5.61. The summed E-state index contributed by atoms with van der Waals surface area (Å²) in [5, 5.41) is 12.9. The number of nitrogens with zero attached hydrogens (tertiary/aromatic N) is 1. The Bertz CT molecular complexity index is 1340. The highest BCUT2D eigenvalue weighted by molar-refractivity contribution is 7.17. The van der Waals surface area contributed by atoms with Crippen molar-refractivity contribution >= 4 is 34.1 Å². The average Bonchev–Trinajstić information content (AvgIpc) is 3.46. The second-order valence-corrected chi connectivity index (χ2v) is 11.9. The van der Waals surface area contributed by atoms with Crippen molar-refractivity contribution in [2.45, 2.75) is 65.5 Å². The number of methoxy groups -OCH3 is 1. The predicted octanol–water partition coefficient (Wildman–Crippen LogP) is 6.91. The number of hydrogen-bond acceptors (Lipinski definition) is 8. The molecule has 1 atom stereocenters. The molecule has 11 heteroatoms. The van der Waals surface area contributed by atoms with E-state index in [9.17, 15) is 9.59 Å². The van der Waals surface area contributed by atoms with Gasteiger partial charge < -0.3 is 30.2 Å². The number of amides is 3. The van der Waals surface area contributed by atoms with Gasteiger partial charge >= 0.3 is 6.03 Å². The lowest BCUT2D eigenvalue weighted by atomic mass is 9.86. The third kappa shape index (κ3) is 9.08. The van der Waals surface area contributed by atoms with E-state index in [1.165, 1.54) is 18.4 Å². The van der Waals surface area contributed by atoms with Gasteiger partial charge in [-0.15, -0.1) is 0 Å². The Morgan fingerprint density at radius 1 is 1.02 bits per heavy atom. The van der Waals surface area contributed by atoms with E-state index in [1.54, 1.807) is 36.5 Å². The first kappa shape index (κ1) is 32.1. The highest BCUT2D eigenvalue weighted by atomic mass is 32.1. The number of aromatic nitrogens is 1. The number of carbonyl (C=O) groups is 2. The Morgan fingerprint density at radius 3 is 2.40 bits per heavy atom. The molecule has 1 saturated heterocycles. The molecule has 232 valence electrons. The van der Waals surface area contributed by atoms with E-state index in [0.29, 0.717) is 44.8 Å². The van der Waals surface area contributed by atoms with Gasteiger partial charge in [0.25, 0.3) is 5.91 Å². The first-order valence-electron chi connectivity index (χ1n) is 15.0. The summed E-state index contributed by atoms with van der Waals surface area (Å²) in [6, 6.07) is 12.2. The molecule has 1 fully saturated rings. The number of carbonyl (C=O) groups excluding carboxylic acids is 2. The SMILES string of the molecule is CCC(CC)NC(=O)Nc1ccc(Oc2cnc(NC(=O)c3ccc(OC(C(C)C)C4CCNCC4)cc3)s2)c(OC)c1. The Labute approximate surface area is 257 Å². The highest BCUT2D eigenvalue weighted by Gasteiger charge is 2.28. The molecule has 0 saturated carbocycles. The van der Waals surface area contributed by atoms with E-state index in [4.69, 9.17) is 14.2 Å². The minimum atomic E-state index is -0.272. The van der Waals surface area contributed by atoms with Crippen molar-refractivity contribution in [3.63, 3.8) is 0 Å². The smallest absolute Gasteiger partial charge is 0.319 e. The Balaban J connectivity index is 1.33. The van der Waals surface area contributed by atoms with Crippen LogP contribution < -0.4 is 35.5 Å². The zero-order valence-corrected chi connectivity index (χ0v) is 26.4. The fourth-order valence-corrected chi connectivity index (χ4v) is 5.78. The molecule has 3 amide bonds. The number of urea groups is 1. The number of benzene rings is 2. The molecule has 0 radical (unpaired) electrons. The monoisotopic (exact) mass is 609 g/mol. The summed E-state index contributed by atoms with van der Waals surface area (Å²) in [6.45, 7) is 10.5. The molecule has 3 aromatic rings. The minimum Gasteiger partial charge on any atom is -0.493 e. The quantitative estimate of drug-likeness (QED) is 0.166. The molecule has 1 unspecified atom stereocenters. The summed E-state index contributed by atoms with van der Waals surface area (Å²) in [5.41, 5.74) is 1.08. The number of ether oxygens (including phenoxy) is 3. The molecule has 1 aliphatic heterocycles. The second kappa shape index (κ2) is 15.6. The zero-order valence-electron chi connectivity index (χ0n) is 25.6. The average molecular weight is 610 g/mol. The summed E-state index contributed by atoms with van der Waals surface area (Å²) < 4.78 is 17.8. The number of rotatable bonds is 13. The van der Waals surface area contributed by atoms with Gasteiger partial charge in [0.2, 0.25) is 5.06 Å². The van der Waals surface area contributed by atoms with Gasteiger partial charge in [0, 0.05) is 23.4 Å². The van der Waals surface area contributed by atoms with E-state index in [0.717, 1.165) is 44.5 Å². The van der Waals surface area contributed by atoms with Crippen LogP contribution in [-0.4, -0.2) is 49.3 Å². The molecule has 2 aromatic carbocycles. The lowest BCUT2D eigenvalue weighted by Gasteiger charge is -2.33. The summed E-state index contributed by atoms with van der Waals surface area (Å²) >= 11 is 1.20. The molecule has 0 aliphatic carbocycles. The molecule has 4 rings (SSSR count). The molecule has 1 aliphatic rings. The number of anilines is 2. The van der Waals surface area contributed by atoms with Crippen LogP contribution in [0.15, 0.2) is 48.7 Å². The Morgan fingerprint density at radius 2 is 1.74 bits per heavy atom. The molecular weight excluding hydrogens is 566 g/mol. The van der Waals surface area contributed by atoms with E-state index in [1.807, 2.05) is 26.0 Å². The van der Waals surface area contributed by atoms with Gasteiger partial charge in [0.1, 0.15) is 11.9 Å². The molecule has 4 N–H and O–H groups in total. The van der Waals surface area contributed by atoms with Crippen LogP contribution in [0.1, 0.15) is 63.7 Å². The van der Waals surface area contributed by atoms with Crippen LogP contribution >= 0.6 is 11.3 Å². The molecule has 1 aromatic heterocycles. The lowest BCUT2D eigenvalue weighted by molar-refractivity contribution is 0.0720. The Hall–Kier alpha value is -3.83. The topological polar surface area (TPSA) is 123 Å². The van der Waals surface area contributed by atoms with Crippen LogP contribution in [0.2, 0.25) is 0 Å². The number of thiazole rings is 1. The highest BCUT2D eigenvalue weighted by Crippen LogP contribution is 2.37. The van der Waals surface area contributed by atoms with Crippen LogP contribution in [-0.2, 0) is 0 Å². The normalized spacial score (nSPS) is 14.3. The second-order valence-electron chi connectivity index (χ2n) is 11.0. The molecule has 0 spiro atoms. The summed E-state index contributed by atoms with van der Waals surface area (Å²) in [5.74, 6) is 2.31. The van der Waals surface area contributed by atoms with Crippen molar-refractivity contribution in [1.82, 2.24) is 15.6 Å². The van der Waals surface area contributed by atoms with Crippen molar-refractivity contribution in [2.75, 3.05) is 30.8 Å². The fraction of sp³-hybridized carbons (Fsp3) is 0.469.